The molecule has 3 rings (SSSR count). The number of nitrogens with zero attached hydrogens (tertiary/aromatic N) is 2. The summed E-state index contributed by atoms with van der Waals surface area (Å²) in [4.78, 5) is 18.7. The van der Waals surface area contributed by atoms with Gasteiger partial charge in [-0.15, -0.1) is 0 Å². The van der Waals surface area contributed by atoms with E-state index in [1.165, 1.54) is 19.3 Å². The minimum absolute atomic E-state index is 0.132. The molecule has 3 nitrogen and oxygen atoms in total. The Hall–Kier alpha value is -0.700. The summed E-state index contributed by atoms with van der Waals surface area (Å²) >= 11 is 0. The highest BCUT2D eigenvalue weighted by atomic mass is 16.1. The molecule has 0 aromatic carbocycles. The van der Waals surface area contributed by atoms with Crippen LogP contribution in [0.5, 0.6) is 0 Å². The van der Waals surface area contributed by atoms with Gasteiger partial charge in [0.05, 0.1) is 12.6 Å². The molecule has 3 unspecified atom stereocenters. The van der Waals surface area contributed by atoms with Crippen LogP contribution in [0.2, 0.25) is 0 Å². The van der Waals surface area contributed by atoms with Crippen LogP contribution in [-0.2, 0) is 4.79 Å². The average Bonchev–Trinajstić information content (AvgIpc) is 2.55. The first kappa shape index (κ1) is 8.60. The number of fused-ring (bicyclic) bond motifs is 3. The van der Waals surface area contributed by atoms with Crippen molar-refractivity contribution in [2.75, 3.05) is 13.1 Å². The smallest absolute Gasteiger partial charge is 0.156 e. The summed E-state index contributed by atoms with van der Waals surface area (Å²) in [7, 11) is 0. The van der Waals surface area contributed by atoms with E-state index in [9.17, 15) is 4.79 Å². The van der Waals surface area contributed by atoms with Crippen molar-refractivity contribution in [3.05, 3.63) is 0 Å². The number of carbonyl (C=O) groups excluding carboxylic acids is 1. The molecular formula is C11H16N2O. The SMILES string of the molecule is O=C1C2CCCCC2N2CC=NCC12. The van der Waals surface area contributed by atoms with E-state index < -0.39 is 0 Å². The maximum atomic E-state index is 12.1. The van der Waals surface area contributed by atoms with Crippen molar-refractivity contribution in [2.45, 2.75) is 37.8 Å². The van der Waals surface area contributed by atoms with Gasteiger partial charge in [-0.25, -0.2) is 0 Å². The fourth-order valence-electron chi connectivity index (χ4n) is 3.27. The molecule has 14 heavy (non-hydrogen) atoms. The molecular weight excluding hydrogens is 176 g/mol. The van der Waals surface area contributed by atoms with E-state index >= 15 is 0 Å². The number of hydrogen-bond donors (Lipinski definition) is 0. The van der Waals surface area contributed by atoms with Gasteiger partial charge in [-0.2, -0.15) is 0 Å². The van der Waals surface area contributed by atoms with E-state index in [4.69, 9.17) is 0 Å². The Morgan fingerprint density at radius 1 is 1.36 bits per heavy atom. The zero-order valence-corrected chi connectivity index (χ0v) is 8.35. The normalized spacial score (nSPS) is 42.3. The summed E-state index contributed by atoms with van der Waals surface area (Å²) in [6.07, 6.45) is 6.86. The van der Waals surface area contributed by atoms with Crippen molar-refractivity contribution < 1.29 is 4.79 Å². The molecule has 2 fully saturated rings. The van der Waals surface area contributed by atoms with Crippen LogP contribution in [0.25, 0.3) is 0 Å². The molecule has 3 aliphatic rings. The fourth-order valence-corrected chi connectivity index (χ4v) is 3.27. The predicted octanol–water partition coefficient (Wildman–Crippen LogP) is 0.883. The second kappa shape index (κ2) is 3.16. The minimum Gasteiger partial charge on any atom is -0.297 e. The lowest BCUT2D eigenvalue weighted by molar-refractivity contribution is -0.122. The maximum absolute atomic E-state index is 12.1. The third-order valence-electron chi connectivity index (χ3n) is 3.95. The van der Waals surface area contributed by atoms with Crippen molar-refractivity contribution in [3.63, 3.8) is 0 Å². The van der Waals surface area contributed by atoms with E-state index in [2.05, 4.69) is 9.89 Å². The lowest BCUT2D eigenvalue weighted by Crippen LogP contribution is -2.44. The van der Waals surface area contributed by atoms with E-state index in [0.29, 0.717) is 24.3 Å². The van der Waals surface area contributed by atoms with Crippen molar-refractivity contribution in [1.29, 1.82) is 0 Å². The Morgan fingerprint density at radius 3 is 3.14 bits per heavy atom. The Labute approximate surface area is 84.2 Å². The van der Waals surface area contributed by atoms with Gasteiger partial charge in [-0.1, -0.05) is 12.8 Å². The lowest BCUT2D eigenvalue weighted by Gasteiger charge is -2.32. The summed E-state index contributed by atoms with van der Waals surface area (Å²) in [6.45, 7) is 1.61. The summed E-state index contributed by atoms with van der Waals surface area (Å²) in [5, 5.41) is 0. The summed E-state index contributed by atoms with van der Waals surface area (Å²) in [5.41, 5.74) is 0. The molecule has 0 aromatic rings. The van der Waals surface area contributed by atoms with Crippen LogP contribution in [0.1, 0.15) is 25.7 Å². The molecule has 2 aliphatic heterocycles. The quantitative estimate of drug-likeness (QED) is 0.571. The molecule has 0 amide bonds. The first-order valence-corrected chi connectivity index (χ1v) is 5.65. The Bertz CT molecular complexity index is 287. The molecule has 1 saturated heterocycles. The molecule has 3 heteroatoms. The number of ketones is 1. The van der Waals surface area contributed by atoms with Crippen LogP contribution >= 0.6 is 0 Å². The van der Waals surface area contributed by atoms with Gasteiger partial charge in [-0.3, -0.25) is 14.7 Å². The summed E-state index contributed by atoms with van der Waals surface area (Å²) in [6, 6.07) is 0.682. The highest BCUT2D eigenvalue weighted by Gasteiger charge is 2.48. The molecule has 0 bridgehead atoms. The minimum atomic E-state index is 0.132. The van der Waals surface area contributed by atoms with E-state index in [0.717, 1.165) is 13.0 Å². The molecule has 76 valence electrons. The van der Waals surface area contributed by atoms with Gasteiger partial charge < -0.3 is 0 Å². The van der Waals surface area contributed by atoms with Gasteiger partial charge in [0.25, 0.3) is 0 Å². The third kappa shape index (κ3) is 1.08. The van der Waals surface area contributed by atoms with Crippen molar-refractivity contribution in [1.82, 2.24) is 4.90 Å². The molecule has 1 aliphatic carbocycles. The Balaban J connectivity index is 1.90. The summed E-state index contributed by atoms with van der Waals surface area (Å²) in [5.74, 6) is 0.821. The highest BCUT2D eigenvalue weighted by molar-refractivity contribution is 5.90. The van der Waals surface area contributed by atoms with Crippen LogP contribution in [0, 0.1) is 5.92 Å². The van der Waals surface area contributed by atoms with Crippen LogP contribution in [0.3, 0.4) is 0 Å². The molecule has 0 N–H and O–H groups in total. The van der Waals surface area contributed by atoms with Crippen LogP contribution in [0.15, 0.2) is 4.99 Å². The topological polar surface area (TPSA) is 32.7 Å². The van der Waals surface area contributed by atoms with Gasteiger partial charge in [0.1, 0.15) is 0 Å². The third-order valence-corrected chi connectivity index (χ3v) is 3.95. The fraction of sp³-hybridized carbons (Fsp3) is 0.818. The first-order chi connectivity index (χ1) is 6.88. The standard InChI is InChI=1S/C11H16N2O/c14-11-8-3-1-2-4-9(8)13-6-5-12-7-10(11)13/h5,8-10H,1-4,6-7H2. The van der Waals surface area contributed by atoms with Gasteiger partial charge in [0, 0.05) is 24.7 Å². The molecule has 1 saturated carbocycles. The van der Waals surface area contributed by atoms with Crippen LogP contribution < -0.4 is 0 Å². The number of aliphatic imine (C=N–C) groups is 1. The summed E-state index contributed by atoms with van der Waals surface area (Å²) < 4.78 is 0. The number of Topliss-reactive ketones (excluding diaryl/α,β-unsaturated/α-hetero) is 1. The lowest BCUT2D eigenvalue weighted by atomic mass is 9.84. The molecule has 2 heterocycles. The van der Waals surface area contributed by atoms with Gasteiger partial charge in [0.2, 0.25) is 0 Å². The number of carbonyl (C=O) groups is 1. The van der Waals surface area contributed by atoms with Crippen molar-refractivity contribution >= 4 is 12.0 Å². The zero-order chi connectivity index (χ0) is 9.54. The first-order valence-electron chi connectivity index (χ1n) is 5.65. The van der Waals surface area contributed by atoms with E-state index in [1.807, 2.05) is 6.21 Å². The molecule has 3 atom stereocenters. The largest absolute Gasteiger partial charge is 0.297 e. The maximum Gasteiger partial charge on any atom is 0.156 e. The van der Waals surface area contributed by atoms with Crippen molar-refractivity contribution in [3.8, 4) is 0 Å². The second-order valence-electron chi connectivity index (χ2n) is 4.62. The van der Waals surface area contributed by atoms with E-state index in [-0.39, 0.29) is 6.04 Å². The predicted molar refractivity (Wildman–Crippen MR) is 54.6 cm³/mol. The van der Waals surface area contributed by atoms with Crippen LogP contribution in [-0.4, -0.2) is 42.1 Å². The zero-order valence-electron chi connectivity index (χ0n) is 8.35. The van der Waals surface area contributed by atoms with Gasteiger partial charge in [0.15, 0.2) is 5.78 Å². The van der Waals surface area contributed by atoms with Gasteiger partial charge >= 0.3 is 0 Å². The van der Waals surface area contributed by atoms with Crippen molar-refractivity contribution in [2.24, 2.45) is 10.9 Å². The average molecular weight is 192 g/mol. The van der Waals surface area contributed by atoms with Gasteiger partial charge in [-0.05, 0) is 12.8 Å². The van der Waals surface area contributed by atoms with E-state index in [1.54, 1.807) is 0 Å². The molecule has 0 spiro atoms. The number of rotatable bonds is 0. The number of hydrogen-bond acceptors (Lipinski definition) is 3. The highest BCUT2D eigenvalue weighted by Crippen LogP contribution is 2.37. The second-order valence-corrected chi connectivity index (χ2v) is 4.62. The Morgan fingerprint density at radius 2 is 2.21 bits per heavy atom. The molecule has 0 radical (unpaired) electrons. The Kier molecular flexibility index (Phi) is 1.94. The monoisotopic (exact) mass is 192 g/mol. The van der Waals surface area contributed by atoms with Crippen LogP contribution in [0.4, 0.5) is 0 Å². The molecule has 0 aromatic heterocycles.